The van der Waals surface area contributed by atoms with E-state index >= 15 is 0 Å². The van der Waals surface area contributed by atoms with E-state index in [2.05, 4.69) is 10.6 Å². The van der Waals surface area contributed by atoms with Gasteiger partial charge in [0.1, 0.15) is 0 Å². The van der Waals surface area contributed by atoms with E-state index in [4.69, 9.17) is 0 Å². The number of anilines is 2. The van der Waals surface area contributed by atoms with Gasteiger partial charge in [0.15, 0.2) is 0 Å². The molecule has 0 saturated heterocycles. The maximum atomic E-state index is 12.4. The van der Waals surface area contributed by atoms with Crippen LogP contribution in [0.1, 0.15) is 36.0 Å². The Balaban J connectivity index is 1.48. The van der Waals surface area contributed by atoms with Gasteiger partial charge in [0.05, 0.1) is 11.6 Å². The molecule has 2 N–H and O–H groups in total. The molecule has 0 fully saturated rings. The molecule has 4 rings (SSSR count). The van der Waals surface area contributed by atoms with E-state index in [1.54, 1.807) is 0 Å². The molecule has 0 aromatic heterocycles. The monoisotopic (exact) mass is 363 g/mol. The molecule has 138 valence electrons. The largest absolute Gasteiger partial charge is 0.344 e. The maximum absolute atomic E-state index is 12.4. The van der Waals surface area contributed by atoms with Crippen LogP contribution in [-0.4, -0.2) is 24.3 Å². The van der Waals surface area contributed by atoms with Crippen molar-refractivity contribution in [1.29, 1.82) is 0 Å². The number of carbonyl (C=O) groups excluding carboxylic acids is 3. The van der Waals surface area contributed by atoms with Crippen LogP contribution < -0.4 is 15.5 Å². The van der Waals surface area contributed by atoms with Crippen molar-refractivity contribution in [1.82, 2.24) is 5.32 Å². The van der Waals surface area contributed by atoms with Gasteiger partial charge in [-0.25, -0.2) is 0 Å². The first-order chi connectivity index (χ1) is 13.0. The molecule has 27 heavy (non-hydrogen) atoms. The lowest BCUT2D eigenvalue weighted by Gasteiger charge is -2.26. The first-order valence-corrected chi connectivity index (χ1v) is 9.16. The average Bonchev–Trinajstić information content (AvgIpc) is 2.93. The summed E-state index contributed by atoms with van der Waals surface area (Å²) < 4.78 is 0. The SMILES string of the molecule is C[C@H]1C(=O)N2CCCc3cc(NC(=O)C(=O)NCc4ccccc4)cc1c32. The Morgan fingerprint density at radius 1 is 1.15 bits per heavy atom. The number of rotatable bonds is 3. The van der Waals surface area contributed by atoms with Gasteiger partial charge in [0, 0.05) is 18.8 Å². The summed E-state index contributed by atoms with van der Waals surface area (Å²) in [5.41, 5.74) is 4.46. The Labute approximate surface area is 157 Å². The highest BCUT2D eigenvalue weighted by molar-refractivity contribution is 6.39. The quantitative estimate of drug-likeness (QED) is 0.822. The molecule has 0 saturated carbocycles. The molecule has 1 atom stereocenters. The van der Waals surface area contributed by atoms with Crippen LogP contribution in [0.5, 0.6) is 0 Å². The lowest BCUT2D eigenvalue weighted by molar-refractivity contribution is -0.136. The van der Waals surface area contributed by atoms with Crippen LogP contribution in [0.3, 0.4) is 0 Å². The average molecular weight is 363 g/mol. The van der Waals surface area contributed by atoms with Crippen LogP contribution in [0.4, 0.5) is 11.4 Å². The summed E-state index contributed by atoms with van der Waals surface area (Å²) in [4.78, 5) is 38.6. The van der Waals surface area contributed by atoms with Gasteiger partial charge >= 0.3 is 11.8 Å². The fourth-order valence-corrected chi connectivity index (χ4v) is 3.81. The minimum atomic E-state index is -0.706. The van der Waals surface area contributed by atoms with Crippen molar-refractivity contribution in [3.63, 3.8) is 0 Å². The van der Waals surface area contributed by atoms with Gasteiger partial charge in [-0.2, -0.15) is 0 Å². The highest BCUT2D eigenvalue weighted by Crippen LogP contribution is 2.44. The standard InChI is InChI=1S/C21H21N3O3/c1-13-17-11-16(10-15-8-5-9-24(18(15)17)21(13)27)23-20(26)19(25)22-12-14-6-3-2-4-7-14/h2-4,6-7,10-11,13H,5,8-9,12H2,1H3,(H,22,25)(H,23,26)/t13-/m1/s1. The molecule has 0 radical (unpaired) electrons. The number of hydrogen-bond acceptors (Lipinski definition) is 3. The minimum Gasteiger partial charge on any atom is -0.344 e. The predicted octanol–water partition coefficient (Wildman–Crippen LogP) is 2.34. The van der Waals surface area contributed by atoms with Gasteiger partial charge in [-0.3, -0.25) is 14.4 Å². The second-order valence-corrected chi connectivity index (χ2v) is 7.01. The van der Waals surface area contributed by atoms with Gasteiger partial charge in [0.2, 0.25) is 5.91 Å². The van der Waals surface area contributed by atoms with Crippen molar-refractivity contribution >= 4 is 29.1 Å². The molecule has 0 bridgehead atoms. The first-order valence-electron chi connectivity index (χ1n) is 9.16. The fourth-order valence-electron chi connectivity index (χ4n) is 3.81. The summed E-state index contributed by atoms with van der Waals surface area (Å²) in [6, 6.07) is 13.1. The molecular weight excluding hydrogens is 342 g/mol. The van der Waals surface area contributed by atoms with Gasteiger partial charge in [-0.1, -0.05) is 30.3 Å². The van der Waals surface area contributed by atoms with E-state index in [1.165, 1.54) is 0 Å². The molecule has 2 aromatic rings. The topological polar surface area (TPSA) is 78.5 Å². The number of hydrogen-bond donors (Lipinski definition) is 2. The molecular formula is C21H21N3O3. The Hall–Kier alpha value is -3.15. The molecule has 2 heterocycles. The van der Waals surface area contributed by atoms with Gasteiger partial charge in [-0.05, 0) is 48.6 Å². The van der Waals surface area contributed by atoms with Crippen molar-refractivity contribution in [3.05, 3.63) is 59.2 Å². The summed E-state index contributed by atoms with van der Waals surface area (Å²) in [7, 11) is 0. The highest BCUT2D eigenvalue weighted by atomic mass is 16.2. The molecule has 6 heteroatoms. The second-order valence-electron chi connectivity index (χ2n) is 7.01. The highest BCUT2D eigenvalue weighted by Gasteiger charge is 2.38. The van der Waals surface area contributed by atoms with E-state index in [-0.39, 0.29) is 11.8 Å². The molecule has 2 aliphatic heterocycles. The minimum absolute atomic E-state index is 0.107. The Bertz CT molecular complexity index is 924. The van der Waals surface area contributed by atoms with E-state index in [0.717, 1.165) is 41.8 Å². The smallest absolute Gasteiger partial charge is 0.313 e. The van der Waals surface area contributed by atoms with E-state index in [1.807, 2.05) is 54.3 Å². The zero-order valence-corrected chi connectivity index (χ0v) is 15.1. The van der Waals surface area contributed by atoms with E-state index < -0.39 is 11.8 Å². The van der Waals surface area contributed by atoms with Gasteiger partial charge < -0.3 is 15.5 Å². The fraction of sp³-hybridized carbons (Fsp3) is 0.286. The van der Waals surface area contributed by atoms with Crippen LogP contribution in [0, 0.1) is 0 Å². The predicted molar refractivity (Wildman–Crippen MR) is 102 cm³/mol. The Morgan fingerprint density at radius 2 is 1.93 bits per heavy atom. The van der Waals surface area contributed by atoms with E-state index in [9.17, 15) is 14.4 Å². The molecule has 3 amide bonds. The van der Waals surface area contributed by atoms with Crippen molar-refractivity contribution in [2.75, 3.05) is 16.8 Å². The third kappa shape index (κ3) is 3.18. The molecule has 0 unspecified atom stereocenters. The summed E-state index contributed by atoms with van der Waals surface area (Å²) >= 11 is 0. The molecule has 2 aromatic carbocycles. The van der Waals surface area contributed by atoms with Crippen molar-refractivity contribution in [2.45, 2.75) is 32.2 Å². The van der Waals surface area contributed by atoms with Crippen molar-refractivity contribution in [2.24, 2.45) is 0 Å². The molecule has 0 spiro atoms. The molecule has 6 nitrogen and oxygen atoms in total. The second kappa shape index (κ2) is 6.87. The van der Waals surface area contributed by atoms with Crippen molar-refractivity contribution in [3.8, 4) is 0 Å². The molecule has 0 aliphatic carbocycles. The number of aryl methyl sites for hydroxylation is 1. The number of carbonyl (C=O) groups is 3. The Kier molecular flexibility index (Phi) is 4.39. The summed E-state index contributed by atoms with van der Waals surface area (Å²) in [6.07, 6.45) is 1.77. The van der Waals surface area contributed by atoms with Gasteiger partial charge in [-0.15, -0.1) is 0 Å². The van der Waals surface area contributed by atoms with Crippen molar-refractivity contribution < 1.29 is 14.4 Å². The number of nitrogens with one attached hydrogen (secondary N) is 2. The third-order valence-electron chi connectivity index (χ3n) is 5.18. The van der Waals surface area contributed by atoms with Crippen LogP contribution >= 0.6 is 0 Å². The lowest BCUT2D eigenvalue weighted by atomic mass is 9.96. The third-order valence-corrected chi connectivity index (χ3v) is 5.18. The maximum Gasteiger partial charge on any atom is 0.313 e. The number of nitrogens with zero attached hydrogens (tertiary/aromatic N) is 1. The first kappa shape index (κ1) is 17.3. The summed E-state index contributed by atoms with van der Waals surface area (Å²) in [6.45, 7) is 2.92. The normalized spacial score (nSPS) is 17.4. The summed E-state index contributed by atoms with van der Waals surface area (Å²) in [5, 5.41) is 5.30. The number of benzene rings is 2. The zero-order valence-electron chi connectivity index (χ0n) is 15.1. The molecule has 2 aliphatic rings. The Morgan fingerprint density at radius 3 is 2.70 bits per heavy atom. The van der Waals surface area contributed by atoms with Crippen LogP contribution in [0.15, 0.2) is 42.5 Å². The number of amides is 3. The van der Waals surface area contributed by atoms with Gasteiger partial charge in [0.25, 0.3) is 0 Å². The van der Waals surface area contributed by atoms with Crippen LogP contribution in [0.2, 0.25) is 0 Å². The van der Waals surface area contributed by atoms with Crippen LogP contribution in [0.25, 0.3) is 0 Å². The summed E-state index contributed by atoms with van der Waals surface area (Å²) in [5.74, 6) is -1.50. The van der Waals surface area contributed by atoms with E-state index in [0.29, 0.717) is 12.2 Å². The van der Waals surface area contributed by atoms with Crippen LogP contribution in [-0.2, 0) is 27.3 Å². The zero-order chi connectivity index (χ0) is 19.0. The lowest BCUT2D eigenvalue weighted by Crippen LogP contribution is -2.35.